The van der Waals surface area contributed by atoms with Crippen molar-refractivity contribution >= 4 is 28.4 Å². The molecule has 2 saturated heterocycles. The highest BCUT2D eigenvalue weighted by Crippen LogP contribution is 2.49. The number of carbonyl (C=O) groups excluding carboxylic acids is 1. The number of ether oxygens (including phenoxy) is 1. The number of carbonyl (C=O) groups is 1. The lowest BCUT2D eigenvalue weighted by Crippen LogP contribution is -2.46. The number of nitrogens with one attached hydrogen (secondary N) is 1. The Morgan fingerprint density at radius 1 is 0.957 bits per heavy atom. The molecule has 1 aromatic heterocycles. The number of halogens is 1. The van der Waals surface area contributed by atoms with Gasteiger partial charge in [-0.15, -0.1) is 0 Å². The van der Waals surface area contributed by atoms with Crippen LogP contribution in [0.25, 0.3) is 16.6 Å². The molecular weight excluding hydrogens is 610 g/mol. The second kappa shape index (κ2) is 10.6. The van der Waals surface area contributed by atoms with Crippen molar-refractivity contribution < 1.29 is 9.53 Å². The smallest absolute Gasteiger partial charge is 0.282 e. The molecule has 0 saturated carbocycles. The predicted molar refractivity (Wildman–Crippen MR) is 183 cm³/mol. The van der Waals surface area contributed by atoms with Crippen molar-refractivity contribution in [3.8, 4) is 11.4 Å². The summed E-state index contributed by atoms with van der Waals surface area (Å²) >= 11 is 6.45. The molecule has 5 aliphatic rings. The van der Waals surface area contributed by atoms with Crippen LogP contribution in [-0.2, 0) is 17.4 Å². The first kappa shape index (κ1) is 29.4. The third-order valence-electron chi connectivity index (χ3n) is 12.0. The largest absolute Gasteiger partial charge is 0.492 e. The number of nitrogens with zero attached hydrogens (tertiary/aromatic N) is 4. The van der Waals surface area contributed by atoms with Crippen LogP contribution < -0.4 is 15.6 Å². The van der Waals surface area contributed by atoms with Gasteiger partial charge in [0.2, 0.25) is 0 Å². The van der Waals surface area contributed by atoms with E-state index in [1.54, 1.807) is 6.07 Å². The quantitative estimate of drug-likeness (QED) is 0.313. The van der Waals surface area contributed by atoms with Crippen molar-refractivity contribution in [2.75, 3.05) is 45.9 Å². The van der Waals surface area contributed by atoms with E-state index in [0.29, 0.717) is 22.9 Å². The first-order valence-corrected chi connectivity index (χ1v) is 17.5. The van der Waals surface area contributed by atoms with Crippen molar-refractivity contribution in [3.05, 3.63) is 97.5 Å². The molecule has 9 rings (SSSR count). The van der Waals surface area contributed by atoms with E-state index in [4.69, 9.17) is 16.3 Å². The second-order valence-corrected chi connectivity index (χ2v) is 15.2. The molecule has 1 amide bonds. The average Bonchev–Trinajstić information content (AvgIpc) is 3.71. The molecule has 0 aliphatic carbocycles. The number of amides is 1. The van der Waals surface area contributed by atoms with Crippen LogP contribution in [0.2, 0.25) is 5.02 Å². The molecular formula is C38H40ClN5O3. The summed E-state index contributed by atoms with van der Waals surface area (Å²) in [4.78, 5) is 35.0. The number of aromatic nitrogens is 2. The van der Waals surface area contributed by atoms with Crippen LogP contribution in [0.15, 0.2) is 53.3 Å². The van der Waals surface area contributed by atoms with Crippen LogP contribution in [0.5, 0.6) is 5.75 Å². The van der Waals surface area contributed by atoms with Crippen molar-refractivity contribution in [1.82, 2.24) is 24.7 Å². The first-order valence-electron chi connectivity index (χ1n) is 17.1. The minimum Gasteiger partial charge on any atom is -0.492 e. The van der Waals surface area contributed by atoms with Crippen molar-refractivity contribution in [2.45, 2.75) is 62.8 Å². The van der Waals surface area contributed by atoms with Crippen LogP contribution in [0.4, 0.5) is 0 Å². The van der Waals surface area contributed by atoms with Crippen molar-refractivity contribution in [3.63, 3.8) is 0 Å². The molecule has 1 N–H and O–H groups in total. The summed E-state index contributed by atoms with van der Waals surface area (Å²) in [5.41, 5.74) is 7.13. The van der Waals surface area contributed by atoms with Crippen LogP contribution >= 0.6 is 11.6 Å². The fraction of sp³-hybridized carbons (Fsp3) is 0.447. The monoisotopic (exact) mass is 649 g/mol. The van der Waals surface area contributed by atoms with Gasteiger partial charge in [0.1, 0.15) is 11.6 Å². The molecule has 3 aromatic carbocycles. The van der Waals surface area contributed by atoms with Gasteiger partial charge in [-0.2, -0.15) is 4.98 Å². The zero-order valence-electron chi connectivity index (χ0n) is 27.1. The summed E-state index contributed by atoms with van der Waals surface area (Å²) in [6.07, 6.45) is 4.51. The summed E-state index contributed by atoms with van der Waals surface area (Å²) in [5, 5.41) is 3.88. The summed E-state index contributed by atoms with van der Waals surface area (Å²) in [6.45, 7) is 12.3. The normalized spacial score (nSPS) is 21.4. The minimum atomic E-state index is -0.377. The van der Waals surface area contributed by atoms with Gasteiger partial charge in [-0.3, -0.25) is 14.2 Å². The zero-order chi connectivity index (χ0) is 32.1. The Morgan fingerprint density at radius 3 is 2.51 bits per heavy atom. The fourth-order valence-corrected chi connectivity index (χ4v) is 9.31. The van der Waals surface area contributed by atoms with Gasteiger partial charge >= 0.3 is 0 Å². The number of likely N-dealkylation sites (tertiary alicyclic amines) is 2. The lowest BCUT2D eigenvalue weighted by molar-refractivity contribution is 0.0965. The van der Waals surface area contributed by atoms with Gasteiger partial charge in [-0.05, 0) is 107 Å². The van der Waals surface area contributed by atoms with E-state index in [9.17, 15) is 9.59 Å². The SMILES string of the molecule is CC1(C)c2cc(C3CCN(CCN4CCC5(CC4)COc4c5ccc5c4CNC5=O)CC3)ccc2-n2c1nc(=O)c1c(Cl)cccc12. The molecule has 0 radical (unpaired) electrons. The van der Waals surface area contributed by atoms with Crippen LogP contribution in [0.3, 0.4) is 0 Å². The number of hydrogen-bond acceptors (Lipinski definition) is 6. The number of piperidine rings is 2. The topological polar surface area (TPSA) is 79.7 Å². The van der Waals surface area contributed by atoms with E-state index in [1.165, 1.54) is 16.7 Å². The number of fused-ring (bicyclic) bond motifs is 9. The minimum absolute atomic E-state index is 0.0184. The first-order chi connectivity index (χ1) is 22.7. The second-order valence-electron chi connectivity index (χ2n) is 14.8. The molecule has 8 nitrogen and oxygen atoms in total. The maximum absolute atomic E-state index is 13.0. The molecule has 4 aromatic rings. The van der Waals surface area contributed by atoms with Gasteiger partial charge in [-0.1, -0.05) is 35.9 Å². The van der Waals surface area contributed by atoms with E-state index in [-0.39, 0.29) is 22.3 Å². The van der Waals surface area contributed by atoms with Gasteiger partial charge in [0.15, 0.2) is 0 Å². The molecule has 6 heterocycles. The summed E-state index contributed by atoms with van der Waals surface area (Å²) in [6, 6.07) is 16.7. The molecule has 9 heteroatoms. The van der Waals surface area contributed by atoms with Gasteiger partial charge in [0, 0.05) is 41.7 Å². The molecule has 0 atom stereocenters. The lowest BCUT2D eigenvalue weighted by Gasteiger charge is -2.40. The Hall–Kier alpha value is -3.72. The molecule has 1 spiro atoms. The summed E-state index contributed by atoms with van der Waals surface area (Å²) in [5.74, 6) is 2.30. The molecule has 2 fully saturated rings. The van der Waals surface area contributed by atoms with Crippen molar-refractivity contribution in [2.24, 2.45) is 0 Å². The van der Waals surface area contributed by atoms with Crippen LogP contribution in [-0.4, -0.2) is 71.1 Å². The number of hydrogen-bond donors (Lipinski definition) is 1. The summed E-state index contributed by atoms with van der Waals surface area (Å²) < 4.78 is 8.39. The Morgan fingerprint density at radius 2 is 1.72 bits per heavy atom. The third kappa shape index (κ3) is 4.44. The highest BCUT2D eigenvalue weighted by Gasteiger charge is 2.45. The molecule has 242 valence electrons. The van der Waals surface area contributed by atoms with Crippen molar-refractivity contribution in [1.29, 1.82) is 0 Å². The summed E-state index contributed by atoms with van der Waals surface area (Å²) in [7, 11) is 0. The highest BCUT2D eigenvalue weighted by molar-refractivity contribution is 6.35. The Balaban J connectivity index is 0.835. The van der Waals surface area contributed by atoms with Crippen LogP contribution in [0, 0.1) is 0 Å². The van der Waals surface area contributed by atoms with Gasteiger partial charge < -0.3 is 19.9 Å². The van der Waals surface area contributed by atoms with E-state index < -0.39 is 0 Å². The third-order valence-corrected chi connectivity index (χ3v) is 12.3. The molecule has 47 heavy (non-hydrogen) atoms. The van der Waals surface area contributed by atoms with E-state index in [0.717, 1.165) is 105 Å². The number of benzene rings is 3. The van der Waals surface area contributed by atoms with E-state index in [2.05, 4.69) is 62.8 Å². The standard InChI is InChI=1S/C38H40ClN5O3/c1-37(2)28-20-24(6-9-30(28)44-31-5-3-4-29(39)32(31)35(46)41-36(37)44)23-10-14-42(15-11-23)18-19-43-16-12-38(13-17-43)22-47-33-26-21-40-34(45)25(26)7-8-27(33)38/h3-9,20,23H,10-19,21-22H2,1-2H3,(H,40,45). The Bertz CT molecular complexity index is 2020. The zero-order valence-corrected chi connectivity index (χ0v) is 27.8. The van der Waals surface area contributed by atoms with Gasteiger partial charge in [0.05, 0.1) is 33.6 Å². The molecule has 0 unspecified atom stereocenters. The van der Waals surface area contributed by atoms with E-state index >= 15 is 0 Å². The Kier molecular flexibility index (Phi) is 6.66. The molecule has 0 bridgehead atoms. The number of rotatable bonds is 4. The van der Waals surface area contributed by atoms with E-state index in [1.807, 2.05) is 18.2 Å². The fourth-order valence-electron chi connectivity index (χ4n) is 9.06. The Labute approximate surface area is 279 Å². The maximum atomic E-state index is 13.0. The lowest BCUT2D eigenvalue weighted by atomic mass is 9.74. The van der Waals surface area contributed by atoms with Gasteiger partial charge in [-0.25, -0.2) is 0 Å². The highest BCUT2D eigenvalue weighted by atomic mass is 35.5. The van der Waals surface area contributed by atoms with Gasteiger partial charge in [0.25, 0.3) is 11.5 Å². The van der Waals surface area contributed by atoms with Crippen LogP contribution in [0.1, 0.15) is 83.9 Å². The maximum Gasteiger partial charge on any atom is 0.282 e. The average molecular weight is 650 g/mol. The predicted octanol–water partition coefficient (Wildman–Crippen LogP) is 5.53. The molecule has 5 aliphatic heterocycles.